The molecule has 0 aromatic carbocycles. The Morgan fingerprint density at radius 1 is 1.67 bits per heavy atom. The molecule has 0 fully saturated rings. The van der Waals surface area contributed by atoms with E-state index < -0.39 is 0 Å². The van der Waals surface area contributed by atoms with Crippen molar-refractivity contribution in [3.8, 4) is 0 Å². The summed E-state index contributed by atoms with van der Waals surface area (Å²) in [5, 5.41) is 0. The van der Waals surface area contributed by atoms with E-state index in [1.807, 2.05) is 6.21 Å². The molecule has 1 rings (SSSR count). The van der Waals surface area contributed by atoms with Gasteiger partial charge in [-0.1, -0.05) is 13.8 Å². The lowest BCUT2D eigenvalue weighted by molar-refractivity contribution is 0.681. The summed E-state index contributed by atoms with van der Waals surface area (Å²) in [6.45, 7) is 5.15. The van der Waals surface area contributed by atoms with Crippen LogP contribution < -0.4 is 0 Å². The zero-order valence-electron chi connectivity index (χ0n) is 5.96. The number of nitrogens with zero attached hydrogens (tertiary/aromatic N) is 2. The van der Waals surface area contributed by atoms with Gasteiger partial charge in [-0.2, -0.15) is 0 Å². The van der Waals surface area contributed by atoms with E-state index in [1.54, 1.807) is 0 Å². The van der Waals surface area contributed by atoms with Crippen LogP contribution in [0.2, 0.25) is 0 Å². The van der Waals surface area contributed by atoms with Crippen LogP contribution in [0.25, 0.3) is 0 Å². The van der Waals surface area contributed by atoms with Crippen molar-refractivity contribution in [2.75, 3.05) is 6.54 Å². The van der Waals surface area contributed by atoms with Gasteiger partial charge in [-0.3, -0.25) is 4.99 Å². The summed E-state index contributed by atoms with van der Waals surface area (Å²) in [6, 6.07) is 0. The molecule has 0 N–H and O–H groups in total. The van der Waals surface area contributed by atoms with Crippen LogP contribution in [0, 0.1) is 5.92 Å². The number of rotatable bonds is 2. The maximum absolute atomic E-state index is 4.17. The Balaban J connectivity index is 2.35. The van der Waals surface area contributed by atoms with E-state index in [-0.39, 0.29) is 0 Å². The topological polar surface area (TPSA) is 24.7 Å². The van der Waals surface area contributed by atoms with E-state index in [9.17, 15) is 0 Å². The molecule has 0 spiro atoms. The van der Waals surface area contributed by atoms with Crippen LogP contribution in [0.4, 0.5) is 0 Å². The van der Waals surface area contributed by atoms with Gasteiger partial charge in [0.2, 0.25) is 0 Å². The fourth-order valence-corrected chi connectivity index (χ4v) is 0.816. The first-order valence-corrected chi connectivity index (χ1v) is 3.35. The van der Waals surface area contributed by atoms with Gasteiger partial charge in [0.05, 0.1) is 6.54 Å². The Labute approximate surface area is 55.7 Å². The molecule has 0 saturated heterocycles. The zero-order chi connectivity index (χ0) is 6.69. The van der Waals surface area contributed by atoms with E-state index in [0.29, 0.717) is 5.92 Å². The molecule has 1 heterocycles. The van der Waals surface area contributed by atoms with E-state index in [0.717, 1.165) is 18.8 Å². The highest BCUT2D eigenvalue weighted by molar-refractivity contribution is 5.94. The lowest BCUT2D eigenvalue weighted by Gasteiger charge is -1.99. The second kappa shape index (κ2) is 2.76. The normalized spacial score (nSPS) is 17.0. The van der Waals surface area contributed by atoms with Crippen molar-refractivity contribution in [1.29, 1.82) is 0 Å². The molecule has 0 radical (unpaired) electrons. The average Bonchev–Trinajstić information content (AvgIpc) is 2.15. The van der Waals surface area contributed by atoms with Crippen LogP contribution in [-0.2, 0) is 0 Å². The summed E-state index contributed by atoms with van der Waals surface area (Å²) in [5.74, 6) is 1.70. The van der Waals surface area contributed by atoms with Crippen molar-refractivity contribution in [3.05, 3.63) is 0 Å². The minimum Gasteiger partial charge on any atom is -0.265 e. The van der Waals surface area contributed by atoms with E-state index in [2.05, 4.69) is 23.8 Å². The Morgan fingerprint density at radius 2 is 2.44 bits per heavy atom. The van der Waals surface area contributed by atoms with Gasteiger partial charge in [-0.15, -0.1) is 0 Å². The summed E-state index contributed by atoms with van der Waals surface area (Å²) in [6.07, 6.45) is 2.88. The molecule has 0 bridgehead atoms. The van der Waals surface area contributed by atoms with Crippen LogP contribution in [-0.4, -0.2) is 18.6 Å². The van der Waals surface area contributed by atoms with Gasteiger partial charge in [-0.05, 0) is 5.92 Å². The second-order valence-corrected chi connectivity index (χ2v) is 2.67. The number of aliphatic imine (C=N–C) groups is 2. The Morgan fingerprint density at radius 3 is 2.89 bits per heavy atom. The van der Waals surface area contributed by atoms with E-state index in [1.165, 1.54) is 0 Å². The first-order valence-electron chi connectivity index (χ1n) is 3.35. The molecular weight excluding hydrogens is 112 g/mol. The molecule has 9 heavy (non-hydrogen) atoms. The van der Waals surface area contributed by atoms with Gasteiger partial charge in [0, 0.05) is 12.6 Å². The molecule has 2 nitrogen and oxygen atoms in total. The monoisotopic (exact) mass is 124 g/mol. The third kappa shape index (κ3) is 1.96. The third-order valence-corrected chi connectivity index (χ3v) is 1.19. The van der Waals surface area contributed by atoms with Gasteiger partial charge >= 0.3 is 0 Å². The average molecular weight is 124 g/mol. The lowest BCUT2D eigenvalue weighted by atomic mass is 10.1. The van der Waals surface area contributed by atoms with Gasteiger partial charge in [0.25, 0.3) is 0 Å². The Kier molecular flexibility index (Phi) is 1.98. The highest BCUT2D eigenvalue weighted by Crippen LogP contribution is 2.04. The third-order valence-electron chi connectivity index (χ3n) is 1.19. The molecule has 0 aromatic heterocycles. The fraction of sp³-hybridized carbons (Fsp3) is 0.714. The molecular formula is C7H12N2. The van der Waals surface area contributed by atoms with Gasteiger partial charge < -0.3 is 0 Å². The minimum absolute atomic E-state index is 0.680. The van der Waals surface area contributed by atoms with Crippen molar-refractivity contribution < 1.29 is 0 Å². The van der Waals surface area contributed by atoms with E-state index in [4.69, 9.17) is 0 Å². The zero-order valence-corrected chi connectivity index (χ0v) is 5.96. The summed E-state index contributed by atoms with van der Waals surface area (Å²) in [7, 11) is 0. The van der Waals surface area contributed by atoms with Gasteiger partial charge in [0.15, 0.2) is 0 Å². The predicted molar refractivity (Wildman–Crippen MR) is 40.2 cm³/mol. The Hall–Kier alpha value is -0.660. The highest BCUT2D eigenvalue weighted by Gasteiger charge is 2.02. The maximum Gasteiger partial charge on any atom is 0.123 e. The molecule has 1 aliphatic heterocycles. The SMILES string of the molecule is CC(C)CC1=NCC=N1. The molecule has 1 aliphatic rings. The standard InChI is InChI=1S/C7H12N2/c1-6(2)5-7-8-3-4-9-7/h3,6H,4-5H2,1-2H3. The largest absolute Gasteiger partial charge is 0.265 e. The fourth-order valence-electron chi connectivity index (χ4n) is 0.816. The summed E-state index contributed by atoms with van der Waals surface area (Å²) >= 11 is 0. The van der Waals surface area contributed by atoms with Gasteiger partial charge in [0.1, 0.15) is 5.84 Å². The molecule has 50 valence electrons. The summed E-state index contributed by atoms with van der Waals surface area (Å²) in [4.78, 5) is 8.27. The van der Waals surface area contributed by atoms with Crippen LogP contribution in [0.1, 0.15) is 20.3 Å². The summed E-state index contributed by atoms with van der Waals surface area (Å²) < 4.78 is 0. The van der Waals surface area contributed by atoms with E-state index >= 15 is 0 Å². The number of hydrogen-bond donors (Lipinski definition) is 0. The van der Waals surface area contributed by atoms with Crippen molar-refractivity contribution in [2.45, 2.75) is 20.3 Å². The maximum atomic E-state index is 4.17. The quantitative estimate of drug-likeness (QED) is 0.533. The van der Waals surface area contributed by atoms with Crippen LogP contribution in [0.15, 0.2) is 9.98 Å². The highest BCUT2D eigenvalue weighted by atomic mass is 15.0. The summed E-state index contributed by atoms with van der Waals surface area (Å²) in [5.41, 5.74) is 0. The van der Waals surface area contributed by atoms with Crippen molar-refractivity contribution in [3.63, 3.8) is 0 Å². The number of amidine groups is 1. The van der Waals surface area contributed by atoms with Crippen LogP contribution >= 0.6 is 0 Å². The molecule has 0 unspecified atom stereocenters. The first-order chi connectivity index (χ1) is 4.29. The van der Waals surface area contributed by atoms with Crippen LogP contribution in [0.5, 0.6) is 0 Å². The molecule has 0 aromatic rings. The molecule has 0 saturated carbocycles. The van der Waals surface area contributed by atoms with Crippen LogP contribution in [0.3, 0.4) is 0 Å². The van der Waals surface area contributed by atoms with Crippen molar-refractivity contribution >= 4 is 12.1 Å². The number of hydrogen-bond acceptors (Lipinski definition) is 2. The molecule has 2 heteroatoms. The van der Waals surface area contributed by atoms with Crippen molar-refractivity contribution in [2.24, 2.45) is 15.9 Å². The molecule has 0 amide bonds. The smallest absolute Gasteiger partial charge is 0.123 e. The molecule has 0 atom stereocenters. The first kappa shape index (κ1) is 6.46. The molecule has 0 aliphatic carbocycles. The predicted octanol–water partition coefficient (Wildman–Crippen LogP) is 1.52. The van der Waals surface area contributed by atoms with Crippen molar-refractivity contribution in [1.82, 2.24) is 0 Å². The van der Waals surface area contributed by atoms with Gasteiger partial charge in [-0.25, -0.2) is 4.99 Å². The Bertz CT molecular complexity index is 145. The minimum atomic E-state index is 0.680. The second-order valence-electron chi connectivity index (χ2n) is 2.67. The lowest BCUT2D eigenvalue weighted by Crippen LogP contribution is -1.96.